The summed E-state index contributed by atoms with van der Waals surface area (Å²) in [6.07, 6.45) is 3.67. The van der Waals surface area contributed by atoms with E-state index in [0.717, 1.165) is 15.9 Å². The minimum Gasteiger partial charge on any atom is -0.352 e. The summed E-state index contributed by atoms with van der Waals surface area (Å²) in [7, 11) is 0. The van der Waals surface area contributed by atoms with Gasteiger partial charge in [0.2, 0.25) is 5.95 Å². The Morgan fingerprint density at radius 3 is 2.84 bits per heavy atom. The van der Waals surface area contributed by atoms with E-state index in [4.69, 9.17) is 23.2 Å². The molecular formula is C13H12BrCl2N3. The molecule has 100 valence electrons. The van der Waals surface area contributed by atoms with Gasteiger partial charge in [-0.25, -0.2) is 4.98 Å². The van der Waals surface area contributed by atoms with Crippen LogP contribution in [0.2, 0.25) is 10.0 Å². The van der Waals surface area contributed by atoms with E-state index in [2.05, 4.69) is 32.8 Å². The Morgan fingerprint density at radius 2 is 2.16 bits per heavy atom. The monoisotopic (exact) mass is 359 g/mol. The number of aromatic nitrogens is 2. The fourth-order valence-corrected chi connectivity index (χ4v) is 2.53. The van der Waals surface area contributed by atoms with E-state index in [1.165, 1.54) is 0 Å². The highest BCUT2D eigenvalue weighted by atomic mass is 79.9. The molecule has 0 radical (unpaired) electrons. The molecule has 0 aliphatic rings. The zero-order chi connectivity index (χ0) is 14.0. The van der Waals surface area contributed by atoms with Crippen molar-refractivity contribution in [2.45, 2.75) is 6.92 Å². The Balaban J connectivity index is 2.52. The van der Waals surface area contributed by atoms with Crippen molar-refractivity contribution in [1.82, 2.24) is 9.55 Å². The number of rotatable bonds is 4. The van der Waals surface area contributed by atoms with Crippen molar-refractivity contribution >= 4 is 45.1 Å². The maximum absolute atomic E-state index is 6.29. The summed E-state index contributed by atoms with van der Waals surface area (Å²) >= 11 is 15.8. The van der Waals surface area contributed by atoms with Crippen LogP contribution in [0.15, 0.2) is 35.5 Å². The summed E-state index contributed by atoms with van der Waals surface area (Å²) in [5, 5.41) is 4.13. The Kier molecular flexibility index (Phi) is 4.55. The van der Waals surface area contributed by atoms with Crippen LogP contribution in [0.5, 0.6) is 0 Å². The molecule has 0 bridgehead atoms. The average molecular weight is 361 g/mol. The van der Waals surface area contributed by atoms with E-state index in [0.29, 0.717) is 22.5 Å². The number of halogens is 3. The summed E-state index contributed by atoms with van der Waals surface area (Å²) in [5.74, 6) is 0.706. The smallest absolute Gasteiger partial charge is 0.208 e. The van der Waals surface area contributed by atoms with Crippen LogP contribution in [-0.4, -0.2) is 16.1 Å². The lowest BCUT2D eigenvalue weighted by Crippen LogP contribution is -2.06. The molecule has 0 fully saturated rings. The summed E-state index contributed by atoms with van der Waals surface area (Å²) in [6.45, 7) is 6.22. The zero-order valence-corrected chi connectivity index (χ0v) is 13.3. The third-order valence-corrected chi connectivity index (χ3v) is 4.27. The number of benzene rings is 1. The molecule has 2 rings (SSSR count). The standard InChI is InChI=1S/C13H12BrCl2N3/c1-3-6-17-13-18-8(2)7-19(13)10-5-4-9(14)11(15)12(10)16/h3-5,7H,1,6H2,2H3,(H,17,18). The van der Waals surface area contributed by atoms with Crippen LogP contribution in [0.3, 0.4) is 0 Å². The van der Waals surface area contributed by atoms with E-state index in [1.807, 2.05) is 29.8 Å². The molecule has 0 aliphatic heterocycles. The minimum atomic E-state index is 0.482. The van der Waals surface area contributed by atoms with E-state index >= 15 is 0 Å². The highest BCUT2D eigenvalue weighted by Crippen LogP contribution is 2.35. The molecule has 0 spiro atoms. The van der Waals surface area contributed by atoms with Crippen molar-refractivity contribution in [3.8, 4) is 5.69 Å². The Labute approximate surface area is 130 Å². The van der Waals surface area contributed by atoms with Crippen molar-refractivity contribution in [3.05, 3.63) is 51.2 Å². The highest BCUT2D eigenvalue weighted by Gasteiger charge is 2.13. The lowest BCUT2D eigenvalue weighted by molar-refractivity contribution is 1.04. The van der Waals surface area contributed by atoms with Gasteiger partial charge < -0.3 is 5.32 Å². The van der Waals surface area contributed by atoms with Crippen molar-refractivity contribution in [2.75, 3.05) is 11.9 Å². The maximum Gasteiger partial charge on any atom is 0.208 e. The summed E-state index contributed by atoms with van der Waals surface area (Å²) in [4.78, 5) is 4.41. The first-order chi connectivity index (χ1) is 9.04. The number of imidazole rings is 1. The summed E-state index contributed by atoms with van der Waals surface area (Å²) in [5.41, 5.74) is 1.67. The van der Waals surface area contributed by atoms with Crippen LogP contribution in [0.25, 0.3) is 5.69 Å². The lowest BCUT2D eigenvalue weighted by Gasteiger charge is -2.11. The van der Waals surface area contributed by atoms with Crippen LogP contribution >= 0.6 is 39.1 Å². The number of nitrogens with zero attached hydrogens (tertiary/aromatic N) is 2. The van der Waals surface area contributed by atoms with Crippen molar-refractivity contribution < 1.29 is 0 Å². The van der Waals surface area contributed by atoms with Gasteiger partial charge >= 0.3 is 0 Å². The molecule has 2 aromatic rings. The van der Waals surface area contributed by atoms with Crippen molar-refractivity contribution in [3.63, 3.8) is 0 Å². The number of aryl methyl sites for hydroxylation is 1. The van der Waals surface area contributed by atoms with Gasteiger partial charge in [-0.2, -0.15) is 0 Å². The molecule has 1 N–H and O–H groups in total. The first-order valence-corrected chi connectivity index (χ1v) is 7.14. The molecule has 19 heavy (non-hydrogen) atoms. The van der Waals surface area contributed by atoms with E-state index in [-0.39, 0.29) is 0 Å². The van der Waals surface area contributed by atoms with Gasteiger partial charge in [0.25, 0.3) is 0 Å². The molecule has 0 aliphatic carbocycles. The molecule has 1 heterocycles. The molecule has 0 unspecified atom stereocenters. The van der Waals surface area contributed by atoms with E-state index in [1.54, 1.807) is 6.08 Å². The fourth-order valence-electron chi connectivity index (χ4n) is 1.67. The Hall–Kier alpha value is -0.970. The molecule has 0 saturated heterocycles. The summed E-state index contributed by atoms with van der Waals surface area (Å²) in [6, 6.07) is 3.74. The van der Waals surface area contributed by atoms with E-state index < -0.39 is 0 Å². The average Bonchev–Trinajstić information content (AvgIpc) is 2.75. The lowest BCUT2D eigenvalue weighted by atomic mass is 10.3. The SMILES string of the molecule is C=CCNc1nc(C)cn1-c1ccc(Br)c(Cl)c1Cl. The van der Waals surface area contributed by atoms with Gasteiger partial charge in [-0.15, -0.1) is 6.58 Å². The second kappa shape index (κ2) is 5.99. The zero-order valence-electron chi connectivity index (χ0n) is 10.3. The molecule has 0 atom stereocenters. The van der Waals surface area contributed by atoms with E-state index in [9.17, 15) is 0 Å². The molecule has 0 amide bonds. The fraction of sp³-hybridized carbons (Fsp3) is 0.154. The van der Waals surface area contributed by atoms with Gasteiger partial charge in [0.05, 0.1) is 21.4 Å². The number of anilines is 1. The first kappa shape index (κ1) is 14.4. The molecular weight excluding hydrogens is 349 g/mol. The number of hydrogen-bond donors (Lipinski definition) is 1. The van der Waals surface area contributed by atoms with Crippen LogP contribution in [0, 0.1) is 6.92 Å². The molecule has 6 heteroatoms. The van der Waals surface area contributed by atoms with Crippen LogP contribution < -0.4 is 5.32 Å². The van der Waals surface area contributed by atoms with Gasteiger partial charge in [0.1, 0.15) is 0 Å². The predicted molar refractivity (Wildman–Crippen MR) is 84.7 cm³/mol. The molecule has 1 aromatic heterocycles. The first-order valence-electron chi connectivity index (χ1n) is 5.59. The van der Waals surface area contributed by atoms with Crippen LogP contribution in [-0.2, 0) is 0 Å². The minimum absolute atomic E-state index is 0.482. The van der Waals surface area contributed by atoms with Crippen molar-refractivity contribution in [1.29, 1.82) is 0 Å². The number of nitrogens with one attached hydrogen (secondary N) is 1. The number of hydrogen-bond acceptors (Lipinski definition) is 2. The second-order valence-electron chi connectivity index (χ2n) is 3.94. The maximum atomic E-state index is 6.29. The molecule has 1 aromatic carbocycles. The molecule has 3 nitrogen and oxygen atoms in total. The largest absolute Gasteiger partial charge is 0.352 e. The van der Waals surface area contributed by atoms with Crippen LogP contribution in [0.4, 0.5) is 5.95 Å². The highest BCUT2D eigenvalue weighted by molar-refractivity contribution is 9.10. The van der Waals surface area contributed by atoms with Gasteiger partial charge in [-0.1, -0.05) is 29.3 Å². The normalized spacial score (nSPS) is 10.5. The van der Waals surface area contributed by atoms with Gasteiger partial charge in [0, 0.05) is 17.2 Å². The van der Waals surface area contributed by atoms with Crippen molar-refractivity contribution in [2.24, 2.45) is 0 Å². The molecule has 0 saturated carbocycles. The van der Waals surface area contributed by atoms with Gasteiger partial charge in [-0.3, -0.25) is 4.57 Å². The second-order valence-corrected chi connectivity index (χ2v) is 5.55. The topological polar surface area (TPSA) is 29.9 Å². The third-order valence-electron chi connectivity index (χ3n) is 2.51. The summed E-state index contributed by atoms with van der Waals surface area (Å²) < 4.78 is 2.64. The third kappa shape index (κ3) is 2.96. The Morgan fingerprint density at radius 1 is 1.42 bits per heavy atom. The van der Waals surface area contributed by atoms with Gasteiger partial charge in [0.15, 0.2) is 0 Å². The Bertz CT molecular complexity index is 623. The predicted octanol–water partition coefficient (Wildman–Crippen LogP) is 4.85. The van der Waals surface area contributed by atoms with Crippen LogP contribution in [0.1, 0.15) is 5.69 Å². The van der Waals surface area contributed by atoms with Gasteiger partial charge in [-0.05, 0) is 35.0 Å². The quantitative estimate of drug-likeness (QED) is 0.624.